The summed E-state index contributed by atoms with van der Waals surface area (Å²) in [5, 5.41) is 12.4. The summed E-state index contributed by atoms with van der Waals surface area (Å²) in [6, 6.07) is 5.66. The van der Waals surface area contributed by atoms with E-state index in [1.165, 1.54) is 17.5 Å². The number of anilines is 1. The van der Waals surface area contributed by atoms with Gasteiger partial charge in [-0.05, 0) is 37.1 Å². The highest BCUT2D eigenvalue weighted by Gasteiger charge is 2.25. The van der Waals surface area contributed by atoms with Gasteiger partial charge < -0.3 is 19.5 Å². The van der Waals surface area contributed by atoms with Crippen LogP contribution in [0.4, 0.5) is 5.95 Å². The number of nitrogens with one attached hydrogen (secondary N) is 2. The Morgan fingerprint density at radius 1 is 1.03 bits per heavy atom. The van der Waals surface area contributed by atoms with E-state index in [-0.39, 0.29) is 11.2 Å². The Morgan fingerprint density at radius 2 is 1.72 bits per heavy atom. The Hall–Kier alpha value is -3.73. The van der Waals surface area contributed by atoms with Gasteiger partial charge in [-0.2, -0.15) is 0 Å². The third kappa shape index (κ3) is 5.25. The maximum Gasteiger partial charge on any atom is 0.239 e. The lowest BCUT2D eigenvalue weighted by Crippen LogP contribution is -2.16. The molecule has 0 fully saturated rings. The van der Waals surface area contributed by atoms with E-state index in [0.717, 1.165) is 17.9 Å². The number of para-hydroxylation sites is 1. The van der Waals surface area contributed by atoms with Crippen LogP contribution in [0.1, 0.15) is 38.3 Å². The lowest BCUT2D eigenvalue weighted by atomic mass is 10.1. The van der Waals surface area contributed by atoms with Gasteiger partial charge in [0.05, 0.1) is 33.7 Å². The molecule has 0 radical (unpaired) electrons. The van der Waals surface area contributed by atoms with Crippen molar-refractivity contribution in [3.63, 3.8) is 0 Å². The lowest BCUT2D eigenvalue weighted by molar-refractivity contribution is 0.391. The maximum absolute atomic E-state index is 5.70. The minimum Gasteiger partial charge on any atom is -0.494 e. The normalized spacial score (nSPS) is 14.7. The number of dihydropyridines is 1. The molecule has 1 unspecified atom stereocenters. The Kier molecular flexibility index (Phi) is 7.99. The highest BCUT2D eigenvalue weighted by Crippen LogP contribution is 2.38. The second-order valence-electron chi connectivity index (χ2n) is 8.36. The van der Waals surface area contributed by atoms with E-state index in [1.807, 2.05) is 29.0 Å². The molecular weight excluding hydrogens is 478 g/mol. The molecule has 4 rings (SSSR count). The molecule has 2 atom stereocenters. The summed E-state index contributed by atoms with van der Waals surface area (Å²) in [7, 11) is 4.87. The van der Waals surface area contributed by atoms with Gasteiger partial charge in [0.15, 0.2) is 11.6 Å². The van der Waals surface area contributed by atoms with E-state index < -0.39 is 0 Å². The molecule has 0 saturated carbocycles. The molecule has 1 aliphatic heterocycles. The van der Waals surface area contributed by atoms with Crippen LogP contribution in [0.15, 0.2) is 48.4 Å². The maximum atomic E-state index is 5.70. The number of nitrogens with zero attached hydrogens (tertiary/aromatic N) is 5. The zero-order chi connectivity index (χ0) is 25.7. The van der Waals surface area contributed by atoms with Crippen molar-refractivity contribution in [3.8, 4) is 22.9 Å². The van der Waals surface area contributed by atoms with Crippen molar-refractivity contribution in [2.75, 3.05) is 32.6 Å². The van der Waals surface area contributed by atoms with Crippen LogP contribution in [-0.4, -0.2) is 57.9 Å². The average molecular weight is 510 g/mol. The molecule has 0 saturated heterocycles. The molecule has 11 heteroatoms. The Balaban J connectivity index is 1.68. The van der Waals surface area contributed by atoms with E-state index >= 15 is 0 Å². The fourth-order valence-corrected chi connectivity index (χ4v) is 4.48. The molecule has 0 amide bonds. The molecule has 0 spiro atoms. The first-order valence-corrected chi connectivity index (χ1v) is 12.4. The van der Waals surface area contributed by atoms with Crippen molar-refractivity contribution in [2.24, 2.45) is 0 Å². The Morgan fingerprint density at radius 3 is 2.33 bits per heavy atom. The first-order valence-electron chi connectivity index (χ1n) is 11.5. The summed E-state index contributed by atoms with van der Waals surface area (Å²) in [6.45, 7) is 7.07. The van der Waals surface area contributed by atoms with Crippen molar-refractivity contribution in [2.45, 2.75) is 31.9 Å². The summed E-state index contributed by atoms with van der Waals surface area (Å²) < 4.78 is 21.9. The van der Waals surface area contributed by atoms with E-state index in [4.69, 9.17) is 14.2 Å². The summed E-state index contributed by atoms with van der Waals surface area (Å²) >= 11 is 1.52. The van der Waals surface area contributed by atoms with Gasteiger partial charge in [-0.1, -0.05) is 25.5 Å². The first-order chi connectivity index (χ1) is 17.5. The van der Waals surface area contributed by atoms with Gasteiger partial charge in [0.25, 0.3) is 0 Å². The highest BCUT2D eigenvalue weighted by atomic mass is 32.2. The summed E-state index contributed by atoms with van der Waals surface area (Å²) in [5.74, 6) is 3.93. The van der Waals surface area contributed by atoms with Gasteiger partial charge in [0.1, 0.15) is 23.0 Å². The van der Waals surface area contributed by atoms with Gasteiger partial charge in [-0.25, -0.2) is 9.97 Å². The van der Waals surface area contributed by atoms with Crippen LogP contribution < -0.4 is 24.2 Å². The molecule has 1 aromatic carbocycles. The molecule has 2 N–H and O–H groups in total. The Bertz CT molecular complexity index is 1230. The van der Waals surface area contributed by atoms with Gasteiger partial charge in [-0.15, -0.1) is 10.2 Å². The van der Waals surface area contributed by atoms with Crippen molar-refractivity contribution in [3.05, 3.63) is 60.1 Å². The number of hydrogen-bond donors (Lipinski definition) is 2. The number of ether oxygens (including phenoxy) is 3. The standard InChI is InChI=1S/C25H31N7O3S/c1-15-10-18(12-26-11-15)24-29-30-25(32(24)22-20(34-5)8-7-9-21(22)35-6)31-36-17(3)16(2)23-27-13-19(33-4)14-28-23/h7-10,12-14,16-17,26H,11H2,1-6H3,(H,30,31)/t16-,17?/m0/s1. The van der Waals surface area contributed by atoms with Crippen molar-refractivity contribution >= 4 is 23.5 Å². The topological polar surface area (TPSA) is 108 Å². The smallest absolute Gasteiger partial charge is 0.239 e. The van der Waals surface area contributed by atoms with Crippen LogP contribution in [0, 0.1) is 0 Å². The SMILES string of the molecule is COc1cnc([C@@H](C)C(C)SNc2nnc(C3=CNCC(C)=C3)n2-c2c(OC)cccc2OC)nc1. The van der Waals surface area contributed by atoms with Crippen LogP contribution in [0.3, 0.4) is 0 Å². The van der Waals surface area contributed by atoms with Crippen molar-refractivity contribution in [1.29, 1.82) is 0 Å². The molecule has 3 aromatic rings. The number of hydrogen-bond acceptors (Lipinski definition) is 10. The molecule has 10 nitrogen and oxygen atoms in total. The lowest BCUT2D eigenvalue weighted by Gasteiger charge is -2.21. The number of aromatic nitrogens is 5. The minimum atomic E-state index is 0.0703. The van der Waals surface area contributed by atoms with Gasteiger partial charge >= 0.3 is 0 Å². The number of rotatable bonds is 10. The second-order valence-corrected chi connectivity index (χ2v) is 9.54. The van der Waals surface area contributed by atoms with Gasteiger partial charge in [-0.3, -0.25) is 9.29 Å². The van der Waals surface area contributed by atoms with E-state index in [9.17, 15) is 0 Å². The fourth-order valence-electron chi connectivity index (χ4n) is 3.73. The minimum absolute atomic E-state index is 0.0703. The third-order valence-electron chi connectivity index (χ3n) is 5.92. The third-order valence-corrected chi connectivity index (χ3v) is 7.00. The molecule has 0 bridgehead atoms. The molecule has 36 heavy (non-hydrogen) atoms. The van der Waals surface area contributed by atoms with Crippen LogP contribution in [0.25, 0.3) is 11.3 Å². The number of methoxy groups -OCH3 is 3. The highest BCUT2D eigenvalue weighted by molar-refractivity contribution is 8.01. The van der Waals surface area contributed by atoms with Crippen molar-refractivity contribution in [1.82, 2.24) is 30.0 Å². The summed E-state index contributed by atoms with van der Waals surface area (Å²) in [6.07, 6.45) is 7.41. The summed E-state index contributed by atoms with van der Waals surface area (Å²) in [4.78, 5) is 8.89. The van der Waals surface area contributed by atoms with Gasteiger partial charge in [0, 0.05) is 29.5 Å². The second kappa shape index (κ2) is 11.3. The zero-order valence-electron chi connectivity index (χ0n) is 21.3. The van der Waals surface area contributed by atoms with Crippen LogP contribution >= 0.6 is 11.9 Å². The predicted molar refractivity (Wildman–Crippen MR) is 142 cm³/mol. The van der Waals surface area contributed by atoms with E-state index in [2.05, 4.69) is 57.1 Å². The molecule has 190 valence electrons. The van der Waals surface area contributed by atoms with Gasteiger partial charge in [0.2, 0.25) is 5.95 Å². The first kappa shape index (κ1) is 25.4. The molecule has 3 heterocycles. The molecule has 1 aliphatic rings. The van der Waals surface area contributed by atoms with Crippen molar-refractivity contribution < 1.29 is 14.2 Å². The predicted octanol–water partition coefficient (Wildman–Crippen LogP) is 4.23. The van der Waals surface area contributed by atoms with E-state index in [0.29, 0.717) is 34.7 Å². The Labute approximate surface area is 215 Å². The molecule has 2 aromatic heterocycles. The summed E-state index contributed by atoms with van der Waals surface area (Å²) in [5.41, 5.74) is 2.81. The van der Waals surface area contributed by atoms with Crippen LogP contribution in [-0.2, 0) is 0 Å². The zero-order valence-corrected chi connectivity index (χ0v) is 22.1. The monoisotopic (exact) mass is 509 g/mol. The fraction of sp³-hybridized carbons (Fsp3) is 0.360. The molecule has 0 aliphatic carbocycles. The van der Waals surface area contributed by atoms with E-state index in [1.54, 1.807) is 33.7 Å². The number of allylic oxidation sites excluding steroid dienone is 2. The molecular formula is C25H31N7O3S. The van der Waals surface area contributed by atoms with Crippen LogP contribution in [0.5, 0.6) is 17.2 Å². The van der Waals surface area contributed by atoms with Crippen LogP contribution in [0.2, 0.25) is 0 Å². The average Bonchev–Trinajstić information content (AvgIpc) is 3.34. The largest absolute Gasteiger partial charge is 0.494 e. The number of benzene rings is 1. The quantitative estimate of drug-likeness (QED) is 0.386.